The van der Waals surface area contributed by atoms with Crippen LogP contribution in [0, 0.1) is 5.92 Å². The van der Waals surface area contributed by atoms with Gasteiger partial charge in [0.1, 0.15) is 0 Å². The van der Waals surface area contributed by atoms with Crippen LogP contribution in [-0.4, -0.2) is 36.1 Å². The van der Waals surface area contributed by atoms with Crippen molar-refractivity contribution >= 4 is 5.91 Å². The summed E-state index contributed by atoms with van der Waals surface area (Å²) in [6, 6.07) is 0.0318. The third-order valence-corrected chi connectivity index (χ3v) is 3.05. The first-order chi connectivity index (χ1) is 7.80. The summed E-state index contributed by atoms with van der Waals surface area (Å²) in [5, 5.41) is 0. The van der Waals surface area contributed by atoms with E-state index < -0.39 is 12.1 Å². The van der Waals surface area contributed by atoms with Crippen LogP contribution in [0.5, 0.6) is 0 Å². The van der Waals surface area contributed by atoms with Gasteiger partial charge >= 0.3 is 6.18 Å². The smallest absolute Gasteiger partial charge is 0.342 e. The predicted molar refractivity (Wildman–Crippen MR) is 58.2 cm³/mol. The molecular formula is C11H19F3N2O. The summed E-state index contributed by atoms with van der Waals surface area (Å²) in [5.74, 6) is -1.53. The number of nitrogens with two attached hydrogens (primary N) is 1. The molecule has 0 saturated carbocycles. The first-order valence-corrected chi connectivity index (χ1v) is 5.90. The van der Waals surface area contributed by atoms with Gasteiger partial charge in [-0.25, -0.2) is 0 Å². The molecule has 0 aromatic heterocycles. The molecule has 0 aliphatic carbocycles. The van der Waals surface area contributed by atoms with Crippen molar-refractivity contribution in [2.24, 2.45) is 11.7 Å². The average molecular weight is 252 g/mol. The maximum absolute atomic E-state index is 12.4. The number of carbonyl (C=O) groups excluding carboxylic acids is 1. The van der Waals surface area contributed by atoms with Gasteiger partial charge in [-0.1, -0.05) is 0 Å². The topological polar surface area (TPSA) is 46.3 Å². The number of carbonyl (C=O) groups is 1. The summed E-state index contributed by atoms with van der Waals surface area (Å²) in [7, 11) is 0. The lowest BCUT2D eigenvalue weighted by Gasteiger charge is -2.18. The summed E-state index contributed by atoms with van der Waals surface area (Å²) >= 11 is 0. The van der Waals surface area contributed by atoms with Crippen LogP contribution in [0.4, 0.5) is 13.2 Å². The number of hydrogen-bond donors (Lipinski definition) is 1. The molecule has 2 N–H and O–H groups in total. The fourth-order valence-electron chi connectivity index (χ4n) is 1.99. The molecule has 1 fully saturated rings. The molecule has 0 aromatic carbocycles. The molecule has 0 spiro atoms. The lowest BCUT2D eigenvalue weighted by atomic mass is 10.1. The Bertz CT molecular complexity index is 266. The zero-order valence-electron chi connectivity index (χ0n) is 9.96. The molecule has 1 aliphatic heterocycles. The average Bonchev–Trinajstić information content (AvgIpc) is 2.64. The molecule has 2 atom stereocenters. The molecule has 100 valence electrons. The van der Waals surface area contributed by atoms with Crippen LogP contribution in [0.3, 0.4) is 0 Å². The Morgan fingerprint density at radius 2 is 2.18 bits per heavy atom. The highest BCUT2D eigenvalue weighted by molar-refractivity contribution is 5.76. The second-order valence-electron chi connectivity index (χ2n) is 4.74. The van der Waals surface area contributed by atoms with Crippen molar-refractivity contribution in [1.82, 2.24) is 4.90 Å². The highest BCUT2D eigenvalue weighted by Gasteiger charge is 2.44. The van der Waals surface area contributed by atoms with Crippen LogP contribution in [0.25, 0.3) is 0 Å². The van der Waals surface area contributed by atoms with Gasteiger partial charge in [0.05, 0.1) is 5.92 Å². The van der Waals surface area contributed by atoms with Crippen molar-refractivity contribution in [1.29, 1.82) is 0 Å². The van der Waals surface area contributed by atoms with Gasteiger partial charge in [0, 0.05) is 25.6 Å². The highest BCUT2D eigenvalue weighted by Crippen LogP contribution is 2.33. The van der Waals surface area contributed by atoms with Gasteiger partial charge in [0.25, 0.3) is 0 Å². The summed E-state index contributed by atoms with van der Waals surface area (Å²) in [6.45, 7) is 1.89. The van der Waals surface area contributed by atoms with Gasteiger partial charge in [0.15, 0.2) is 0 Å². The molecule has 0 bridgehead atoms. The third kappa shape index (κ3) is 4.53. The Morgan fingerprint density at radius 3 is 2.65 bits per heavy atom. The van der Waals surface area contributed by atoms with Crippen LogP contribution in [0.2, 0.25) is 0 Å². The van der Waals surface area contributed by atoms with Crippen molar-refractivity contribution in [2.75, 3.05) is 13.1 Å². The van der Waals surface area contributed by atoms with Gasteiger partial charge in [-0.05, 0) is 26.2 Å². The molecule has 3 nitrogen and oxygen atoms in total. The second-order valence-corrected chi connectivity index (χ2v) is 4.74. The van der Waals surface area contributed by atoms with Crippen molar-refractivity contribution in [2.45, 2.75) is 44.8 Å². The van der Waals surface area contributed by atoms with Crippen molar-refractivity contribution in [3.63, 3.8) is 0 Å². The zero-order chi connectivity index (χ0) is 13.1. The lowest BCUT2D eigenvalue weighted by Crippen LogP contribution is -2.32. The molecule has 0 aromatic rings. The summed E-state index contributed by atoms with van der Waals surface area (Å²) in [6.07, 6.45) is -2.48. The van der Waals surface area contributed by atoms with E-state index in [1.807, 2.05) is 6.92 Å². The summed E-state index contributed by atoms with van der Waals surface area (Å²) in [5.41, 5.74) is 5.54. The van der Waals surface area contributed by atoms with E-state index in [2.05, 4.69) is 0 Å². The Hall–Kier alpha value is -0.780. The Kier molecular flexibility index (Phi) is 4.80. The number of halogens is 3. The fraction of sp³-hybridized carbons (Fsp3) is 0.909. The molecule has 6 heteroatoms. The largest absolute Gasteiger partial charge is 0.393 e. The molecule has 2 unspecified atom stereocenters. The van der Waals surface area contributed by atoms with E-state index in [4.69, 9.17) is 5.73 Å². The first-order valence-electron chi connectivity index (χ1n) is 5.90. The molecule has 1 saturated heterocycles. The minimum Gasteiger partial charge on any atom is -0.342 e. The number of alkyl halides is 3. The summed E-state index contributed by atoms with van der Waals surface area (Å²) < 4.78 is 37.2. The van der Waals surface area contributed by atoms with Gasteiger partial charge < -0.3 is 10.6 Å². The molecule has 1 heterocycles. The number of likely N-dealkylation sites (tertiary alicyclic amines) is 1. The molecular weight excluding hydrogens is 233 g/mol. The van der Waals surface area contributed by atoms with Crippen LogP contribution in [0.15, 0.2) is 0 Å². The van der Waals surface area contributed by atoms with Gasteiger partial charge in [-0.2, -0.15) is 13.2 Å². The number of amides is 1. The van der Waals surface area contributed by atoms with Crippen molar-refractivity contribution in [3.05, 3.63) is 0 Å². The first kappa shape index (κ1) is 14.3. The Morgan fingerprint density at radius 1 is 1.53 bits per heavy atom. The van der Waals surface area contributed by atoms with Crippen molar-refractivity contribution in [3.8, 4) is 0 Å². The predicted octanol–water partition coefficient (Wildman–Crippen LogP) is 1.91. The van der Waals surface area contributed by atoms with Gasteiger partial charge in [-0.3, -0.25) is 4.79 Å². The SMILES string of the molecule is CC(N)CCCC(=O)N1CCC(C(F)(F)F)C1. The standard InChI is InChI=1S/C11H19F3N2O/c1-8(15)3-2-4-10(17)16-6-5-9(7-16)11(12,13)14/h8-9H,2-7,15H2,1H3. The van der Waals surface area contributed by atoms with E-state index in [1.54, 1.807) is 0 Å². The van der Waals surface area contributed by atoms with Crippen LogP contribution < -0.4 is 5.73 Å². The molecule has 1 aliphatic rings. The third-order valence-electron chi connectivity index (χ3n) is 3.05. The molecule has 0 radical (unpaired) electrons. The van der Waals surface area contributed by atoms with E-state index in [1.165, 1.54) is 4.90 Å². The second kappa shape index (κ2) is 5.71. The zero-order valence-corrected chi connectivity index (χ0v) is 9.96. The number of nitrogens with zero attached hydrogens (tertiary/aromatic N) is 1. The summed E-state index contributed by atoms with van der Waals surface area (Å²) in [4.78, 5) is 12.9. The van der Waals surface area contributed by atoms with Crippen LogP contribution >= 0.6 is 0 Å². The Labute approximate surface area is 99.1 Å². The Balaban J connectivity index is 2.31. The molecule has 17 heavy (non-hydrogen) atoms. The van der Waals surface area contributed by atoms with E-state index >= 15 is 0 Å². The number of hydrogen-bond acceptors (Lipinski definition) is 2. The maximum Gasteiger partial charge on any atom is 0.393 e. The quantitative estimate of drug-likeness (QED) is 0.830. The maximum atomic E-state index is 12.4. The van der Waals surface area contributed by atoms with E-state index in [9.17, 15) is 18.0 Å². The highest BCUT2D eigenvalue weighted by atomic mass is 19.4. The minimum atomic E-state index is -4.18. The van der Waals surface area contributed by atoms with Crippen molar-refractivity contribution < 1.29 is 18.0 Å². The van der Waals surface area contributed by atoms with E-state index in [-0.39, 0.29) is 31.5 Å². The minimum absolute atomic E-state index is 0.0303. The van der Waals surface area contributed by atoms with Gasteiger partial charge in [-0.15, -0.1) is 0 Å². The lowest BCUT2D eigenvalue weighted by molar-refractivity contribution is -0.171. The molecule has 1 rings (SSSR count). The van der Waals surface area contributed by atoms with E-state index in [0.29, 0.717) is 12.8 Å². The van der Waals surface area contributed by atoms with E-state index in [0.717, 1.165) is 6.42 Å². The van der Waals surface area contributed by atoms with Crippen LogP contribution in [-0.2, 0) is 4.79 Å². The molecule has 1 amide bonds. The monoisotopic (exact) mass is 252 g/mol. The van der Waals surface area contributed by atoms with Gasteiger partial charge in [0.2, 0.25) is 5.91 Å². The van der Waals surface area contributed by atoms with Crippen LogP contribution in [0.1, 0.15) is 32.6 Å². The fourth-order valence-corrected chi connectivity index (χ4v) is 1.99. The number of rotatable bonds is 4. The normalized spacial score (nSPS) is 22.9.